The lowest BCUT2D eigenvalue weighted by atomic mass is 9.48. The van der Waals surface area contributed by atoms with E-state index >= 15 is 0 Å². The molecule has 0 N–H and O–H groups in total. The zero-order valence-corrected chi connectivity index (χ0v) is 18.8. The van der Waals surface area contributed by atoms with Crippen molar-refractivity contribution in [3.63, 3.8) is 0 Å². The largest absolute Gasteiger partial charge is 0.273 e. The van der Waals surface area contributed by atoms with Crippen molar-refractivity contribution in [2.75, 3.05) is 11.4 Å². The van der Waals surface area contributed by atoms with Gasteiger partial charge in [0.25, 0.3) is 15.7 Å². The molecule has 0 aromatic heterocycles. The third-order valence-electron chi connectivity index (χ3n) is 7.92. The maximum atomic E-state index is 13.1. The fraction of sp³-hybridized carbons (Fsp3) is 0.500. The number of hydrogen-bond donors (Lipinski definition) is 0. The Morgan fingerprint density at radius 1 is 0.968 bits per heavy atom. The Bertz CT molecular complexity index is 1110. The van der Waals surface area contributed by atoms with Gasteiger partial charge in [-0.25, -0.2) is 8.42 Å². The number of benzene rings is 2. The number of nitrogens with zero attached hydrogens (tertiary/aromatic N) is 2. The second kappa shape index (κ2) is 7.05. The molecule has 4 bridgehead atoms. The fourth-order valence-corrected chi connectivity index (χ4v) is 7.95. The van der Waals surface area contributed by atoms with Crippen molar-refractivity contribution < 1.29 is 13.3 Å². The molecule has 2 aromatic carbocycles. The molecule has 4 aliphatic carbocycles. The van der Waals surface area contributed by atoms with Gasteiger partial charge in [-0.3, -0.25) is 14.4 Å². The molecule has 4 aliphatic rings. The molecule has 4 saturated carbocycles. The number of nitro benzene ring substituents is 1. The van der Waals surface area contributed by atoms with E-state index in [2.05, 4.69) is 12.1 Å². The van der Waals surface area contributed by atoms with Crippen LogP contribution in [-0.2, 0) is 15.4 Å². The molecule has 6 nitrogen and oxygen atoms in total. The normalized spacial score (nSPS) is 29.2. The minimum atomic E-state index is -3.89. The number of anilines is 1. The van der Waals surface area contributed by atoms with E-state index in [9.17, 15) is 18.5 Å². The van der Waals surface area contributed by atoms with Crippen molar-refractivity contribution in [3.8, 4) is 0 Å². The second-order valence-corrected chi connectivity index (χ2v) is 11.9. The van der Waals surface area contributed by atoms with Gasteiger partial charge in [0.15, 0.2) is 0 Å². The molecule has 0 radical (unpaired) electrons. The van der Waals surface area contributed by atoms with E-state index in [1.807, 2.05) is 12.1 Å². The summed E-state index contributed by atoms with van der Waals surface area (Å²) >= 11 is 0. The standard InChI is InChI=1S/C24H28N2O4S/c1-16-3-8-22(12-23(16)26(27)28)31(29,30)25(2)21-6-4-20(5-7-21)24-13-17-9-18(14-24)11-19(10-17)15-24/h3-8,12,17-19H,9-11,13-15H2,1-2H3. The van der Waals surface area contributed by atoms with E-state index in [-0.39, 0.29) is 16.0 Å². The first-order valence-corrected chi connectivity index (χ1v) is 12.5. The van der Waals surface area contributed by atoms with Crippen molar-refractivity contribution in [1.82, 2.24) is 0 Å². The minimum Gasteiger partial charge on any atom is -0.269 e. The van der Waals surface area contributed by atoms with Crippen LogP contribution in [0.15, 0.2) is 47.4 Å². The molecule has 4 fully saturated rings. The van der Waals surface area contributed by atoms with Crippen molar-refractivity contribution in [2.45, 2.75) is 55.8 Å². The molecule has 0 unspecified atom stereocenters. The molecule has 0 amide bonds. The first kappa shape index (κ1) is 20.5. The highest BCUT2D eigenvalue weighted by Crippen LogP contribution is 2.60. The van der Waals surface area contributed by atoms with Gasteiger partial charge < -0.3 is 0 Å². The Labute approximate surface area is 183 Å². The van der Waals surface area contributed by atoms with Gasteiger partial charge in [0.1, 0.15) is 0 Å². The first-order valence-electron chi connectivity index (χ1n) is 11.0. The van der Waals surface area contributed by atoms with Crippen LogP contribution < -0.4 is 4.31 Å². The molecule has 0 heterocycles. The summed E-state index contributed by atoms with van der Waals surface area (Å²) in [5.74, 6) is 2.56. The fourth-order valence-electron chi connectivity index (χ4n) is 6.73. The highest BCUT2D eigenvalue weighted by Gasteiger charge is 2.51. The predicted octanol–water partition coefficient (Wildman–Crippen LogP) is 5.20. The molecule has 31 heavy (non-hydrogen) atoms. The average molecular weight is 441 g/mol. The molecule has 0 atom stereocenters. The molecule has 0 saturated heterocycles. The van der Waals surface area contributed by atoms with Gasteiger partial charge in [-0.05, 0) is 92.4 Å². The molecule has 6 rings (SSSR count). The third kappa shape index (κ3) is 3.34. The van der Waals surface area contributed by atoms with Gasteiger partial charge in [0.05, 0.1) is 15.5 Å². The minimum absolute atomic E-state index is 0.0718. The van der Waals surface area contributed by atoms with Crippen molar-refractivity contribution in [3.05, 3.63) is 63.7 Å². The number of rotatable bonds is 5. The maximum absolute atomic E-state index is 13.1. The van der Waals surface area contributed by atoms with E-state index in [0.717, 1.165) is 23.8 Å². The van der Waals surface area contributed by atoms with Crippen LogP contribution in [-0.4, -0.2) is 20.4 Å². The van der Waals surface area contributed by atoms with Gasteiger partial charge in [-0.1, -0.05) is 18.2 Å². The number of hydrogen-bond acceptors (Lipinski definition) is 4. The van der Waals surface area contributed by atoms with Gasteiger partial charge in [0.2, 0.25) is 0 Å². The van der Waals surface area contributed by atoms with Crippen LogP contribution in [0.2, 0.25) is 0 Å². The SMILES string of the molecule is Cc1ccc(S(=O)(=O)N(C)c2ccc(C34CC5CC(CC(C5)C3)C4)cc2)cc1[N+](=O)[O-]. The molecule has 164 valence electrons. The van der Waals surface area contributed by atoms with Gasteiger partial charge in [-0.2, -0.15) is 0 Å². The molecule has 0 spiro atoms. The van der Waals surface area contributed by atoms with Crippen LogP contribution >= 0.6 is 0 Å². The zero-order chi connectivity index (χ0) is 22.0. The van der Waals surface area contributed by atoms with Gasteiger partial charge >= 0.3 is 0 Å². The van der Waals surface area contributed by atoms with E-state index in [1.54, 1.807) is 6.92 Å². The molecule has 0 aliphatic heterocycles. The summed E-state index contributed by atoms with van der Waals surface area (Å²) in [6, 6.07) is 12.0. The lowest BCUT2D eigenvalue weighted by Crippen LogP contribution is -2.48. The summed E-state index contributed by atoms with van der Waals surface area (Å²) in [5, 5.41) is 11.2. The van der Waals surface area contributed by atoms with E-state index in [4.69, 9.17) is 0 Å². The van der Waals surface area contributed by atoms with Crippen LogP contribution in [0.1, 0.15) is 49.7 Å². The van der Waals surface area contributed by atoms with E-state index in [0.29, 0.717) is 11.3 Å². The summed E-state index contributed by atoms with van der Waals surface area (Å²) in [4.78, 5) is 10.6. The number of nitro groups is 1. The van der Waals surface area contributed by atoms with E-state index in [1.165, 1.54) is 67.6 Å². The molecular weight excluding hydrogens is 412 g/mol. The topological polar surface area (TPSA) is 80.5 Å². The predicted molar refractivity (Wildman–Crippen MR) is 120 cm³/mol. The number of sulfonamides is 1. The van der Waals surface area contributed by atoms with Gasteiger partial charge in [-0.15, -0.1) is 0 Å². The molecule has 7 heteroatoms. The lowest BCUT2D eigenvalue weighted by molar-refractivity contribution is -0.385. The Hall–Kier alpha value is -2.41. The van der Waals surface area contributed by atoms with Crippen LogP contribution in [0, 0.1) is 34.8 Å². The first-order chi connectivity index (χ1) is 14.7. The summed E-state index contributed by atoms with van der Waals surface area (Å²) in [6.07, 6.45) is 7.96. The maximum Gasteiger partial charge on any atom is 0.273 e. The lowest BCUT2D eigenvalue weighted by Gasteiger charge is -2.57. The highest BCUT2D eigenvalue weighted by atomic mass is 32.2. The van der Waals surface area contributed by atoms with Crippen molar-refractivity contribution in [2.24, 2.45) is 17.8 Å². The Kier molecular flexibility index (Phi) is 4.66. The average Bonchev–Trinajstić information content (AvgIpc) is 2.72. The Morgan fingerprint density at radius 2 is 1.52 bits per heavy atom. The summed E-state index contributed by atoms with van der Waals surface area (Å²) in [7, 11) is -2.39. The monoisotopic (exact) mass is 440 g/mol. The van der Waals surface area contributed by atoms with Crippen LogP contribution in [0.4, 0.5) is 11.4 Å². The van der Waals surface area contributed by atoms with Gasteiger partial charge in [0, 0.05) is 18.7 Å². The van der Waals surface area contributed by atoms with Crippen LogP contribution in [0.3, 0.4) is 0 Å². The van der Waals surface area contributed by atoms with E-state index < -0.39 is 14.9 Å². The van der Waals surface area contributed by atoms with Crippen molar-refractivity contribution >= 4 is 21.4 Å². The van der Waals surface area contributed by atoms with Crippen molar-refractivity contribution in [1.29, 1.82) is 0 Å². The second-order valence-electron chi connectivity index (χ2n) is 9.92. The van der Waals surface area contributed by atoms with Crippen LogP contribution in [0.25, 0.3) is 0 Å². The zero-order valence-electron chi connectivity index (χ0n) is 18.0. The highest BCUT2D eigenvalue weighted by molar-refractivity contribution is 7.92. The van der Waals surface area contributed by atoms with Crippen LogP contribution in [0.5, 0.6) is 0 Å². The Morgan fingerprint density at radius 3 is 2.03 bits per heavy atom. The Balaban J connectivity index is 1.42. The summed E-state index contributed by atoms with van der Waals surface area (Å²) < 4.78 is 27.5. The summed E-state index contributed by atoms with van der Waals surface area (Å²) in [5.41, 5.74) is 2.42. The third-order valence-corrected chi connectivity index (χ3v) is 9.70. The molecule has 2 aromatic rings. The molecular formula is C24H28N2O4S. The quantitative estimate of drug-likeness (QED) is 0.473. The number of aryl methyl sites for hydroxylation is 1. The summed E-state index contributed by atoms with van der Waals surface area (Å²) in [6.45, 7) is 1.60. The smallest absolute Gasteiger partial charge is 0.269 e.